The van der Waals surface area contributed by atoms with E-state index in [1.54, 1.807) is 6.92 Å². The van der Waals surface area contributed by atoms with E-state index in [0.29, 0.717) is 19.4 Å². The van der Waals surface area contributed by atoms with Crippen LogP contribution >= 0.6 is 0 Å². The number of alkyl carbamates (subject to hydrolysis) is 1. The van der Waals surface area contributed by atoms with Gasteiger partial charge in [-0.3, -0.25) is 9.59 Å². The number of amides is 2. The highest BCUT2D eigenvalue weighted by Crippen LogP contribution is 2.44. The molecule has 1 unspecified atom stereocenters. The average molecular weight is 467 g/mol. The largest absolute Gasteiger partial charge is 0.481 e. The third-order valence-corrected chi connectivity index (χ3v) is 6.81. The molecule has 0 spiro atoms. The van der Waals surface area contributed by atoms with Crippen molar-refractivity contribution in [1.29, 1.82) is 0 Å². The number of hydrogen-bond acceptors (Lipinski definition) is 5. The minimum absolute atomic E-state index is 0.0921. The van der Waals surface area contributed by atoms with Crippen LogP contribution in [0.15, 0.2) is 48.5 Å². The molecule has 0 radical (unpaired) electrons. The number of benzene rings is 2. The number of fused-ring (bicyclic) bond motifs is 3. The molecule has 1 fully saturated rings. The van der Waals surface area contributed by atoms with Gasteiger partial charge in [-0.05, 0) is 42.0 Å². The Balaban J connectivity index is 1.43. The maximum absolute atomic E-state index is 13.2. The highest BCUT2D eigenvalue weighted by Gasteiger charge is 2.36. The molecule has 4 rings (SSSR count). The van der Waals surface area contributed by atoms with Gasteiger partial charge in [0.1, 0.15) is 12.6 Å². The Hall–Kier alpha value is -3.39. The molecule has 180 valence electrons. The van der Waals surface area contributed by atoms with Crippen LogP contribution in [0.4, 0.5) is 4.79 Å². The van der Waals surface area contributed by atoms with E-state index in [2.05, 4.69) is 17.4 Å². The summed E-state index contributed by atoms with van der Waals surface area (Å²) in [6.07, 6.45) is -0.195. The van der Waals surface area contributed by atoms with Gasteiger partial charge in [0, 0.05) is 26.1 Å². The number of carbonyl (C=O) groups excluding carboxylic acids is 2. The molecule has 0 bridgehead atoms. The zero-order valence-corrected chi connectivity index (χ0v) is 19.4. The molecule has 2 aliphatic rings. The van der Waals surface area contributed by atoms with Crippen molar-refractivity contribution in [2.24, 2.45) is 5.92 Å². The van der Waals surface area contributed by atoms with Gasteiger partial charge in [-0.1, -0.05) is 48.5 Å². The second-order valence-corrected chi connectivity index (χ2v) is 8.85. The first-order valence-corrected chi connectivity index (χ1v) is 11.6. The molecule has 8 heteroatoms. The van der Waals surface area contributed by atoms with Gasteiger partial charge in [0.15, 0.2) is 0 Å². The maximum Gasteiger partial charge on any atom is 0.407 e. The molecule has 0 saturated carbocycles. The van der Waals surface area contributed by atoms with Crippen molar-refractivity contribution < 1.29 is 29.0 Å². The SMILES string of the molecule is CO[C@H](C)[C@H](NC(=O)OCC1c2ccccc2-c2ccccc21)C(=O)N1CCCC(C(=O)O)C1. The maximum atomic E-state index is 13.2. The number of nitrogens with one attached hydrogen (secondary N) is 1. The summed E-state index contributed by atoms with van der Waals surface area (Å²) in [5.41, 5.74) is 4.46. The summed E-state index contributed by atoms with van der Waals surface area (Å²) in [5.74, 6) is -1.98. The second kappa shape index (κ2) is 10.3. The number of carbonyl (C=O) groups is 3. The first-order valence-electron chi connectivity index (χ1n) is 11.6. The Morgan fingerprint density at radius 3 is 2.29 bits per heavy atom. The molecule has 2 aromatic carbocycles. The van der Waals surface area contributed by atoms with Crippen molar-refractivity contribution in [1.82, 2.24) is 10.2 Å². The molecule has 1 saturated heterocycles. The normalized spacial score (nSPS) is 19.0. The smallest absolute Gasteiger partial charge is 0.407 e. The number of carboxylic acid groups (broad SMARTS) is 1. The molecule has 2 aromatic rings. The number of ether oxygens (including phenoxy) is 2. The summed E-state index contributed by atoms with van der Waals surface area (Å²) >= 11 is 0. The molecule has 2 amide bonds. The van der Waals surface area contributed by atoms with Gasteiger partial charge in [0.2, 0.25) is 5.91 Å². The number of carboxylic acids is 1. The number of rotatable bonds is 7. The van der Waals surface area contributed by atoms with Gasteiger partial charge in [-0.15, -0.1) is 0 Å². The number of likely N-dealkylation sites (tertiary alicyclic amines) is 1. The van der Waals surface area contributed by atoms with Crippen molar-refractivity contribution in [3.05, 3.63) is 59.7 Å². The number of nitrogens with zero attached hydrogens (tertiary/aromatic N) is 1. The molecule has 1 aliphatic heterocycles. The lowest BCUT2D eigenvalue weighted by atomic mass is 9.97. The molecule has 34 heavy (non-hydrogen) atoms. The molecule has 1 aliphatic carbocycles. The Labute approximate surface area is 198 Å². The van der Waals surface area contributed by atoms with Gasteiger partial charge in [0.05, 0.1) is 12.0 Å². The molecule has 1 heterocycles. The van der Waals surface area contributed by atoms with Crippen LogP contribution in [0.5, 0.6) is 0 Å². The fourth-order valence-corrected chi connectivity index (χ4v) is 4.86. The summed E-state index contributed by atoms with van der Waals surface area (Å²) in [6.45, 7) is 2.38. The van der Waals surface area contributed by atoms with E-state index in [1.807, 2.05) is 36.4 Å². The van der Waals surface area contributed by atoms with E-state index in [4.69, 9.17) is 9.47 Å². The topological polar surface area (TPSA) is 105 Å². The van der Waals surface area contributed by atoms with Gasteiger partial charge < -0.3 is 24.8 Å². The fraction of sp³-hybridized carbons (Fsp3) is 0.423. The van der Waals surface area contributed by atoms with Crippen LogP contribution in [0.2, 0.25) is 0 Å². The van der Waals surface area contributed by atoms with E-state index >= 15 is 0 Å². The second-order valence-electron chi connectivity index (χ2n) is 8.85. The van der Waals surface area contributed by atoms with Crippen LogP contribution in [0.3, 0.4) is 0 Å². The lowest BCUT2D eigenvalue weighted by Gasteiger charge is -2.34. The zero-order valence-electron chi connectivity index (χ0n) is 19.4. The number of methoxy groups -OCH3 is 1. The lowest BCUT2D eigenvalue weighted by molar-refractivity contribution is -0.147. The van der Waals surface area contributed by atoms with E-state index in [1.165, 1.54) is 12.0 Å². The highest BCUT2D eigenvalue weighted by atomic mass is 16.5. The fourth-order valence-electron chi connectivity index (χ4n) is 4.86. The van der Waals surface area contributed by atoms with Crippen molar-refractivity contribution in [3.8, 4) is 11.1 Å². The minimum Gasteiger partial charge on any atom is -0.481 e. The Morgan fingerprint density at radius 2 is 1.71 bits per heavy atom. The van der Waals surface area contributed by atoms with Crippen LogP contribution in [0, 0.1) is 5.92 Å². The van der Waals surface area contributed by atoms with E-state index < -0.39 is 30.1 Å². The van der Waals surface area contributed by atoms with Gasteiger partial charge in [-0.2, -0.15) is 0 Å². The summed E-state index contributed by atoms with van der Waals surface area (Å²) in [4.78, 5) is 38.8. The first kappa shape index (κ1) is 23.8. The van der Waals surface area contributed by atoms with Crippen molar-refractivity contribution in [3.63, 3.8) is 0 Å². The minimum atomic E-state index is -0.979. The van der Waals surface area contributed by atoms with Crippen LogP contribution in [0.25, 0.3) is 11.1 Å². The monoisotopic (exact) mass is 466 g/mol. The summed E-state index contributed by atoms with van der Waals surface area (Å²) < 4.78 is 10.9. The van der Waals surface area contributed by atoms with Gasteiger partial charge in [0.25, 0.3) is 0 Å². The van der Waals surface area contributed by atoms with Crippen LogP contribution in [0.1, 0.15) is 36.8 Å². The van der Waals surface area contributed by atoms with Crippen molar-refractivity contribution in [2.75, 3.05) is 26.8 Å². The summed E-state index contributed by atoms with van der Waals surface area (Å²) in [5, 5.41) is 12.0. The Kier molecular flexibility index (Phi) is 7.17. The lowest BCUT2D eigenvalue weighted by Crippen LogP contribution is -2.56. The molecular weight excluding hydrogens is 436 g/mol. The van der Waals surface area contributed by atoms with Crippen LogP contribution in [-0.2, 0) is 19.1 Å². The predicted molar refractivity (Wildman–Crippen MR) is 125 cm³/mol. The van der Waals surface area contributed by atoms with Crippen molar-refractivity contribution >= 4 is 18.0 Å². The van der Waals surface area contributed by atoms with E-state index in [-0.39, 0.29) is 25.0 Å². The Bertz CT molecular complexity index is 1030. The molecular formula is C26H30N2O6. The Morgan fingerprint density at radius 1 is 1.09 bits per heavy atom. The van der Waals surface area contributed by atoms with E-state index in [0.717, 1.165) is 22.3 Å². The molecule has 0 aromatic heterocycles. The van der Waals surface area contributed by atoms with Gasteiger partial charge in [-0.25, -0.2) is 4.79 Å². The first-order chi connectivity index (χ1) is 16.4. The average Bonchev–Trinajstić information content (AvgIpc) is 3.19. The summed E-state index contributed by atoms with van der Waals surface area (Å²) in [6, 6.07) is 15.1. The molecule has 2 N–H and O–H groups in total. The quantitative estimate of drug-likeness (QED) is 0.649. The van der Waals surface area contributed by atoms with Crippen LogP contribution in [-0.4, -0.2) is 66.9 Å². The van der Waals surface area contributed by atoms with E-state index in [9.17, 15) is 19.5 Å². The number of aliphatic carboxylic acids is 1. The molecule has 3 atom stereocenters. The molecule has 8 nitrogen and oxygen atoms in total. The standard InChI is InChI=1S/C26H30N2O6/c1-16(33-2)23(24(29)28-13-7-8-17(14-28)25(30)31)27-26(32)34-15-22-20-11-5-3-9-18(20)19-10-4-6-12-21(19)22/h3-6,9-12,16-17,22-23H,7-8,13-15H2,1-2H3,(H,27,32)(H,30,31)/t16-,17?,23+/m1/s1. The third kappa shape index (κ3) is 4.77. The number of piperidine rings is 1. The highest BCUT2D eigenvalue weighted by molar-refractivity contribution is 5.87. The van der Waals surface area contributed by atoms with Crippen molar-refractivity contribution in [2.45, 2.75) is 37.8 Å². The predicted octanol–water partition coefficient (Wildman–Crippen LogP) is 3.25. The number of hydrogen-bond donors (Lipinski definition) is 2. The third-order valence-electron chi connectivity index (χ3n) is 6.81. The van der Waals surface area contributed by atoms with Crippen LogP contribution < -0.4 is 5.32 Å². The zero-order chi connectivity index (χ0) is 24.2. The van der Waals surface area contributed by atoms with Gasteiger partial charge >= 0.3 is 12.1 Å². The summed E-state index contributed by atoms with van der Waals surface area (Å²) in [7, 11) is 1.46.